The molecule has 0 fully saturated rings. The van der Waals surface area contributed by atoms with Gasteiger partial charge in [0.2, 0.25) is 0 Å². The third-order valence-corrected chi connectivity index (χ3v) is 4.22. The van der Waals surface area contributed by atoms with E-state index in [1.807, 2.05) is 0 Å². The molecule has 0 saturated heterocycles. The Bertz CT molecular complexity index is 626. The highest BCUT2D eigenvalue weighted by atomic mass is 32.2. The summed E-state index contributed by atoms with van der Waals surface area (Å²) in [4.78, 5) is 4.07. The number of aryl methyl sites for hydroxylation is 1. The molecule has 0 aliphatic carbocycles. The van der Waals surface area contributed by atoms with E-state index in [4.69, 9.17) is 0 Å². The second kappa shape index (κ2) is 5.27. The standard InChI is InChI=1S/C13H12FNO2S/c14-11-4-3-6-13(10-11)18(16,17)9-7-12-5-1-2-8-15-12/h1-6,8,10H,7,9H2. The van der Waals surface area contributed by atoms with E-state index in [0.29, 0.717) is 12.1 Å². The van der Waals surface area contributed by atoms with Gasteiger partial charge in [-0.1, -0.05) is 12.1 Å². The van der Waals surface area contributed by atoms with Crippen LogP contribution in [0.2, 0.25) is 0 Å². The lowest BCUT2D eigenvalue weighted by Gasteiger charge is -2.04. The van der Waals surface area contributed by atoms with Crippen LogP contribution in [0.1, 0.15) is 5.69 Å². The second-order valence-corrected chi connectivity index (χ2v) is 5.96. The SMILES string of the molecule is O=S(=O)(CCc1ccccn1)c1cccc(F)c1. The summed E-state index contributed by atoms with van der Waals surface area (Å²) in [7, 11) is -3.46. The molecule has 0 bridgehead atoms. The van der Waals surface area contributed by atoms with Gasteiger partial charge in [0.25, 0.3) is 0 Å². The number of hydrogen-bond acceptors (Lipinski definition) is 3. The number of nitrogens with zero attached hydrogens (tertiary/aromatic N) is 1. The van der Waals surface area contributed by atoms with Crippen molar-refractivity contribution >= 4 is 9.84 Å². The van der Waals surface area contributed by atoms with Gasteiger partial charge >= 0.3 is 0 Å². The quantitative estimate of drug-likeness (QED) is 0.851. The van der Waals surface area contributed by atoms with E-state index in [1.54, 1.807) is 24.4 Å². The first-order valence-corrected chi connectivity index (χ1v) is 7.11. The number of rotatable bonds is 4. The van der Waals surface area contributed by atoms with Crippen LogP contribution in [0.25, 0.3) is 0 Å². The first kappa shape index (κ1) is 12.7. The first-order chi connectivity index (χ1) is 8.58. The van der Waals surface area contributed by atoms with E-state index < -0.39 is 15.7 Å². The lowest BCUT2D eigenvalue weighted by atomic mass is 10.3. The van der Waals surface area contributed by atoms with Crippen LogP contribution in [0.15, 0.2) is 53.6 Å². The summed E-state index contributed by atoms with van der Waals surface area (Å²) in [5.74, 6) is -0.623. The number of halogens is 1. The maximum Gasteiger partial charge on any atom is 0.178 e. The Balaban J connectivity index is 2.13. The molecule has 0 amide bonds. The maximum atomic E-state index is 13.0. The number of benzene rings is 1. The minimum Gasteiger partial charge on any atom is -0.261 e. The van der Waals surface area contributed by atoms with Crippen molar-refractivity contribution in [2.45, 2.75) is 11.3 Å². The number of hydrogen-bond donors (Lipinski definition) is 0. The fourth-order valence-electron chi connectivity index (χ4n) is 1.56. The summed E-state index contributed by atoms with van der Waals surface area (Å²) in [6, 6.07) is 10.4. The minimum absolute atomic E-state index is 0.0124. The van der Waals surface area contributed by atoms with Crippen molar-refractivity contribution in [1.29, 1.82) is 0 Å². The van der Waals surface area contributed by atoms with Crippen LogP contribution in [-0.4, -0.2) is 19.2 Å². The van der Waals surface area contributed by atoms with Gasteiger partial charge in [0.05, 0.1) is 10.6 Å². The van der Waals surface area contributed by atoms with E-state index in [-0.39, 0.29) is 10.6 Å². The molecule has 0 aliphatic heterocycles. The highest BCUT2D eigenvalue weighted by molar-refractivity contribution is 7.91. The number of sulfone groups is 1. The molecular formula is C13H12FNO2S. The maximum absolute atomic E-state index is 13.0. The van der Waals surface area contributed by atoms with E-state index in [1.165, 1.54) is 18.2 Å². The van der Waals surface area contributed by atoms with Crippen LogP contribution < -0.4 is 0 Å². The molecule has 0 N–H and O–H groups in total. The van der Waals surface area contributed by atoms with Gasteiger partial charge in [-0.25, -0.2) is 12.8 Å². The van der Waals surface area contributed by atoms with Crippen molar-refractivity contribution in [1.82, 2.24) is 4.98 Å². The van der Waals surface area contributed by atoms with Crippen molar-refractivity contribution in [3.8, 4) is 0 Å². The monoisotopic (exact) mass is 265 g/mol. The third kappa shape index (κ3) is 3.13. The summed E-state index contributed by atoms with van der Waals surface area (Å²) in [6.45, 7) is 0. The topological polar surface area (TPSA) is 47.0 Å². The fraction of sp³-hybridized carbons (Fsp3) is 0.154. The zero-order valence-corrected chi connectivity index (χ0v) is 10.4. The summed E-state index contributed by atoms with van der Waals surface area (Å²) < 4.78 is 36.9. The van der Waals surface area contributed by atoms with Crippen LogP contribution in [0, 0.1) is 5.82 Å². The average Bonchev–Trinajstić information content (AvgIpc) is 2.38. The highest BCUT2D eigenvalue weighted by Crippen LogP contribution is 2.13. The first-order valence-electron chi connectivity index (χ1n) is 5.46. The predicted octanol–water partition coefficient (Wildman–Crippen LogP) is 2.24. The van der Waals surface area contributed by atoms with Gasteiger partial charge in [-0.15, -0.1) is 0 Å². The third-order valence-electron chi connectivity index (χ3n) is 2.51. The molecule has 1 aromatic heterocycles. The van der Waals surface area contributed by atoms with E-state index in [0.717, 1.165) is 6.07 Å². The Morgan fingerprint density at radius 2 is 1.94 bits per heavy atom. The molecule has 18 heavy (non-hydrogen) atoms. The number of pyridine rings is 1. The van der Waals surface area contributed by atoms with Crippen molar-refractivity contribution in [3.63, 3.8) is 0 Å². The van der Waals surface area contributed by atoms with Crippen molar-refractivity contribution in [3.05, 3.63) is 60.2 Å². The smallest absolute Gasteiger partial charge is 0.178 e. The molecule has 0 spiro atoms. The Morgan fingerprint density at radius 1 is 1.11 bits per heavy atom. The molecule has 0 aliphatic rings. The van der Waals surface area contributed by atoms with Gasteiger partial charge in [-0.3, -0.25) is 4.98 Å². The largest absolute Gasteiger partial charge is 0.261 e. The van der Waals surface area contributed by atoms with E-state index in [2.05, 4.69) is 4.98 Å². The molecule has 3 nitrogen and oxygen atoms in total. The van der Waals surface area contributed by atoms with Crippen molar-refractivity contribution < 1.29 is 12.8 Å². The molecule has 1 aromatic carbocycles. The van der Waals surface area contributed by atoms with Crippen molar-refractivity contribution in [2.24, 2.45) is 0 Å². The minimum atomic E-state index is -3.46. The summed E-state index contributed by atoms with van der Waals surface area (Å²) in [5, 5.41) is 0. The van der Waals surface area contributed by atoms with Gasteiger partial charge in [-0.2, -0.15) is 0 Å². The van der Waals surface area contributed by atoms with Crippen LogP contribution in [0.4, 0.5) is 4.39 Å². The van der Waals surface area contributed by atoms with E-state index >= 15 is 0 Å². The van der Waals surface area contributed by atoms with Gasteiger partial charge in [0.1, 0.15) is 5.82 Å². The summed E-state index contributed by atoms with van der Waals surface area (Å²) in [6.07, 6.45) is 1.93. The predicted molar refractivity (Wildman–Crippen MR) is 66.4 cm³/mol. The zero-order valence-electron chi connectivity index (χ0n) is 9.58. The van der Waals surface area contributed by atoms with E-state index in [9.17, 15) is 12.8 Å². The van der Waals surface area contributed by atoms with Gasteiger partial charge in [-0.05, 0) is 30.3 Å². The summed E-state index contributed by atoms with van der Waals surface area (Å²) in [5.41, 5.74) is 0.706. The van der Waals surface area contributed by atoms with Gasteiger partial charge in [0, 0.05) is 18.3 Å². The van der Waals surface area contributed by atoms with Gasteiger partial charge < -0.3 is 0 Å². The second-order valence-electron chi connectivity index (χ2n) is 3.85. The highest BCUT2D eigenvalue weighted by Gasteiger charge is 2.15. The molecule has 5 heteroatoms. The summed E-state index contributed by atoms with van der Waals surface area (Å²) >= 11 is 0. The number of aromatic nitrogens is 1. The molecule has 94 valence electrons. The molecule has 0 radical (unpaired) electrons. The lowest BCUT2D eigenvalue weighted by Crippen LogP contribution is -2.10. The van der Waals surface area contributed by atoms with Crippen LogP contribution in [-0.2, 0) is 16.3 Å². The van der Waals surface area contributed by atoms with Crippen LogP contribution >= 0.6 is 0 Å². The normalized spacial score (nSPS) is 11.4. The van der Waals surface area contributed by atoms with Gasteiger partial charge in [0.15, 0.2) is 9.84 Å². The molecule has 2 rings (SSSR count). The fourth-order valence-corrected chi connectivity index (χ4v) is 2.85. The molecule has 0 unspecified atom stereocenters. The Kier molecular flexibility index (Phi) is 3.72. The van der Waals surface area contributed by atoms with Crippen LogP contribution in [0.5, 0.6) is 0 Å². The van der Waals surface area contributed by atoms with Crippen molar-refractivity contribution in [2.75, 3.05) is 5.75 Å². The molecule has 0 atom stereocenters. The molecule has 2 aromatic rings. The molecule has 0 saturated carbocycles. The molecule has 1 heterocycles. The zero-order chi connectivity index (χ0) is 13.0. The Hall–Kier alpha value is -1.75. The Morgan fingerprint density at radius 3 is 2.61 bits per heavy atom. The van der Waals surface area contributed by atoms with Crippen LogP contribution in [0.3, 0.4) is 0 Å². The average molecular weight is 265 g/mol. The lowest BCUT2D eigenvalue weighted by molar-refractivity contribution is 0.590. The molecular weight excluding hydrogens is 253 g/mol. The Labute approximate surface area is 105 Å².